The molecule has 0 unspecified atom stereocenters. The summed E-state index contributed by atoms with van der Waals surface area (Å²) in [5, 5.41) is 0. The van der Waals surface area contributed by atoms with Crippen molar-refractivity contribution < 1.29 is 13.5 Å². The number of rotatable bonds is 2. The molecule has 0 aliphatic heterocycles. The van der Waals surface area contributed by atoms with Gasteiger partial charge in [-0.2, -0.15) is 0 Å². The van der Waals surface area contributed by atoms with Crippen LogP contribution >= 0.6 is 15.9 Å². The fourth-order valence-corrected chi connectivity index (χ4v) is 1.10. The Hall–Kier alpha value is -0.640. The zero-order valence-electron chi connectivity index (χ0n) is 7.27. The summed E-state index contributed by atoms with van der Waals surface area (Å²) in [6, 6.07) is 2.29. The molecule has 0 atom stereocenters. The third-order valence-corrected chi connectivity index (χ3v) is 2.09. The van der Waals surface area contributed by atoms with E-state index in [9.17, 15) is 8.78 Å². The average molecular weight is 251 g/mol. The average Bonchev–Trinajstić information content (AvgIpc) is 1.98. The van der Waals surface area contributed by atoms with Crippen LogP contribution in [0.25, 0.3) is 0 Å². The molecule has 0 saturated carbocycles. The van der Waals surface area contributed by atoms with E-state index in [1.807, 2.05) is 0 Å². The Morgan fingerprint density at radius 1 is 1.23 bits per heavy atom. The van der Waals surface area contributed by atoms with E-state index in [4.69, 9.17) is 4.74 Å². The van der Waals surface area contributed by atoms with Gasteiger partial charge in [-0.25, -0.2) is 8.78 Å². The first-order valence-corrected chi connectivity index (χ1v) is 4.61. The summed E-state index contributed by atoms with van der Waals surface area (Å²) < 4.78 is 30.8. The quantitative estimate of drug-likeness (QED) is 0.731. The van der Waals surface area contributed by atoms with Crippen LogP contribution in [-0.4, -0.2) is 6.10 Å². The summed E-state index contributed by atoms with van der Waals surface area (Å²) >= 11 is 2.77. The summed E-state index contributed by atoms with van der Waals surface area (Å²) in [6.45, 7) is 3.58. The molecule has 0 aliphatic rings. The predicted molar refractivity (Wildman–Crippen MR) is 49.8 cm³/mol. The van der Waals surface area contributed by atoms with Gasteiger partial charge in [0.05, 0.1) is 10.6 Å². The fraction of sp³-hybridized carbons (Fsp3) is 0.333. The predicted octanol–water partition coefficient (Wildman–Crippen LogP) is 3.51. The van der Waals surface area contributed by atoms with Crippen LogP contribution < -0.4 is 4.74 Å². The van der Waals surface area contributed by atoms with Crippen molar-refractivity contribution >= 4 is 15.9 Å². The smallest absolute Gasteiger partial charge is 0.144 e. The van der Waals surface area contributed by atoms with Crippen molar-refractivity contribution in [1.82, 2.24) is 0 Å². The minimum Gasteiger partial charge on any atom is -0.491 e. The molecule has 0 bridgehead atoms. The molecule has 0 aromatic heterocycles. The largest absolute Gasteiger partial charge is 0.491 e. The lowest BCUT2D eigenvalue weighted by molar-refractivity contribution is 0.240. The van der Waals surface area contributed by atoms with Crippen LogP contribution in [0.2, 0.25) is 0 Å². The second-order valence-corrected chi connectivity index (χ2v) is 3.66. The summed E-state index contributed by atoms with van der Waals surface area (Å²) in [7, 11) is 0. The van der Waals surface area contributed by atoms with E-state index in [0.29, 0.717) is 0 Å². The lowest BCUT2D eigenvalue weighted by atomic mass is 10.3. The van der Waals surface area contributed by atoms with Crippen LogP contribution in [0.5, 0.6) is 5.75 Å². The normalized spacial score (nSPS) is 10.6. The van der Waals surface area contributed by atoms with Crippen molar-refractivity contribution in [3.63, 3.8) is 0 Å². The highest BCUT2D eigenvalue weighted by Crippen LogP contribution is 2.25. The Kier molecular flexibility index (Phi) is 3.25. The third kappa shape index (κ3) is 2.66. The van der Waals surface area contributed by atoms with Gasteiger partial charge < -0.3 is 4.74 Å². The topological polar surface area (TPSA) is 9.23 Å². The summed E-state index contributed by atoms with van der Waals surface area (Å²) in [4.78, 5) is 0. The standard InChI is InChI=1S/C9H9BrF2O/c1-5(2)13-6-3-7(11)9(10)8(12)4-6/h3-5H,1-2H3. The lowest BCUT2D eigenvalue weighted by Gasteiger charge is -2.10. The van der Waals surface area contributed by atoms with Gasteiger partial charge in [0.2, 0.25) is 0 Å². The summed E-state index contributed by atoms with van der Waals surface area (Å²) in [5.74, 6) is -1.11. The van der Waals surface area contributed by atoms with Crippen molar-refractivity contribution in [2.24, 2.45) is 0 Å². The second kappa shape index (κ2) is 4.05. The Morgan fingerprint density at radius 3 is 2.08 bits per heavy atom. The first kappa shape index (κ1) is 10.4. The molecule has 0 amide bonds. The van der Waals surface area contributed by atoms with Crippen LogP contribution in [0.3, 0.4) is 0 Å². The van der Waals surface area contributed by atoms with E-state index in [2.05, 4.69) is 15.9 Å². The molecule has 0 spiro atoms. The van der Waals surface area contributed by atoms with Crippen molar-refractivity contribution in [2.45, 2.75) is 20.0 Å². The summed E-state index contributed by atoms with van der Waals surface area (Å²) in [6.07, 6.45) is -0.0972. The number of hydrogen-bond donors (Lipinski definition) is 0. The van der Waals surface area contributed by atoms with Gasteiger partial charge in [-0.05, 0) is 29.8 Å². The van der Waals surface area contributed by atoms with Crippen molar-refractivity contribution in [1.29, 1.82) is 0 Å². The molecule has 0 N–H and O–H groups in total. The molecule has 1 nitrogen and oxygen atoms in total. The molecule has 0 aliphatic carbocycles. The second-order valence-electron chi connectivity index (χ2n) is 2.87. The van der Waals surface area contributed by atoms with Gasteiger partial charge in [0, 0.05) is 12.1 Å². The summed E-state index contributed by atoms with van der Waals surface area (Å²) in [5.41, 5.74) is 0. The molecule has 0 radical (unpaired) electrons. The van der Waals surface area contributed by atoms with E-state index in [1.54, 1.807) is 13.8 Å². The van der Waals surface area contributed by atoms with Crippen molar-refractivity contribution in [2.75, 3.05) is 0 Å². The van der Waals surface area contributed by atoms with Gasteiger partial charge >= 0.3 is 0 Å². The maximum atomic E-state index is 12.9. The molecule has 1 rings (SSSR count). The Bertz CT molecular complexity index is 289. The monoisotopic (exact) mass is 250 g/mol. The Morgan fingerprint density at radius 2 is 1.69 bits per heavy atom. The number of hydrogen-bond acceptors (Lipinski definition) is 1. The van der Waals surface area contributed by atoms with E-state index < -0.39 is 11.6 Å². The zero-order chi connectivity index (χ0) is 10.0. The van der Waals surface area contributed by atoms with Gasteiger partial charge in [-0.1, -0.05) is 0 Å². The van der Waals surface area contributed by atoms with Crippen LogP contribution in [0.4, 0.5) is 8.78 Å². The molecule has 0 saturated heterocycles. The highest BCUT2D eigenvalue weighted by Gasteiger charge is 2.09. The molecule has 0 fully saturated rings. The maximum absolute atomic E-state index is 12.9. The molecule has 72 valence electrons. The van der Waals surface area contributed by atoms with Gasteiger partial charge in [0.15, 0.2) is 0 Å². The molecule has 13 heavy (non-hydrogen) atoms. The van der Waals surface area contributed by atoms with Gasteiger partial charge in [0.25, 0.3) is 0 Å². The SMILES string of the molecule is CC(C)Oc1cc(F)c(Br)c(F)c1. The molecule has 4 heteroatoms. The van der Waals surface area contributed by atoms with Crippen molar-refractivity contribution in [3.8, 4) is 5.75 Å². The van der Waals surface area contributed by atoms with E-state index in [1.165, 1.54) is 0 Å². The van der Waals surface area contributed by atoms with Crippen molar-refractivity contribution in [3.05, 3.63) is 28.2 Å². The first-order valence-electron chi connectivity index (χ1n) is 3.82. The third-order valence-electron chi connectivity index (χ3n) is 1.33. The van der Waals surface area contributed by atoms with Crippen LogP contribution in [0, 0.1) is 11.6 Å². The Balaban J connectivity index is 2.99. The van der Waals surface area contributed by atoms with E-state index in [0.717, 1.165) is 12.1 Å². The van der Waals surface area contributed by atoms with Gasteiger partial charge in [-0.15, -0.1) is 0 Å². The molecule has 1 aromatic carbocycles. The van der Waals surface area contributed by atoms with Gasteiger partial charge in [-0.3, -0.25) is 0 Å². The van der Waals surface area contributed by atoms with Crippen LogP contribution in [0.15, 0.2) is 16.6 Å². The van der Waals surface area contributed by atoms with Crippen LogP contribution in [-0.2, 0) is 0 Å². The highest BCUT2D eigenvalue weighted by atomic mass is 79.9. The molecular weight excluding hydrogens is 242 g/mol. The number of halogens is 3. The maximum Gasteiger partial charge on any atom is 0.144 e. The minimum atomic E-state index is -0.657. The van der Waals surface area contributed by atoms with E-state index in [-0.39, 0.29) is 16.3 Å². The Labute approximate surface area is 83.8 Å². The van der Waals surface area contributed by atoms with E-state index >= 15 is 0 Å². The number of benzene rings is 1. The molecule has 0 heterocycles. The molecule has 1 aromatic rings. The minimum absolute atomic E-state index is 0.0972. The first-order chi connectivity index (χ1) is 6.00. The fourth-order valence-electron chi connectivity index (χ4n) is 0.872. The van der Waals surface area contributed by atoms with Crippen LogP contribution in [0.1, 0.15) is 13.8 Å². The zero-order valence-corrected chi connectivity index (χ0v) is 8.86. The van der Waals surface area contributed by atoms with Gasteiger partial charge in [0.1, 0.15) is 17.4 Å². The lowest BCUT2D eigenvalue weighted by Crippen LogP contribution is -2.06. The molecular formula is C9H9BrF2O. The number of ether oxygens (including phenoxy) is 1. The highest BCUT2D eigenvalue weighted by molar-refractivity contribution is 9.10.